The molecule has 1 aliphatic carbocycles. The van der Waals surface area contributed by atoms with Gasteiger partial charge in [-0.15, -0.1) is 0 Å². The van der Waals surface area contributed by atoms with Crippen molar-refractivity contribution < 1.29 is 4.79 Å². The molecule has 2 aliphatic rings. The number of rotatable bonds is 4. The van der Waals surface area contributed by atoms with Gasteiger partial charge in [0.2, 0.25) is 5.91 Å². The summed E-state index contributed by atoms with van der Waals surface area (Å²) in [7, 11) is 1.85. The fraction of sp³-hybridized carbons (Fsp3) is 0.600. The summed E-state index contributed by atoms with van der Waals surface area (Å²) in [6.07, 6.45) is 4.53. The van der Waals surface area contributed by atoms with Crippen molar-refractivity contribution in [2.75, 3.05) is 31.6 Å². The van der Waals surface area contributed by atoms with E-state index in [-0.39, 0.29) is 5.91 Å². The molecule has 0 spiro atoms. The Hall–Kier alpha value is -1.62. The number of nitrogens with zero attached hydrogens (tertiary/aromatic N) is 3. The van der Waals surface area contributed by atoms with Gasteiger partial charge in [-0.3, -0.25) is 4.79 Å². The minimum Gasteiger partial charge on any atom is -0.345 e. The van der Waals surface area contributed by atoms with Crippen LogP contribution >= 0.6 is 0 Å². The van der Waals surface area contributed by atoms with Crippen LogP contribution < -0.4 is 10.2 Å². The monoisotopic (exact) mass is 274 g/mol. The van der Waals surface area contributed by atoms with Crippen LogP contribution in [0, 0.1) is 6.92 Å². The fourth-order valence-electron chi connectivity index (χ4n) is 2.54. The van der Waals surface area contributed by atoms with Crippen molar-refractivity contribution in [3.63, 3.8) is 0 Å². The van der Waals surface area contributed by atoms with Crippen LogP contribution in [0.5, 0.6) is 0 Å². The van der Waals surface area contributed by atoms with E-state index in [0.717, 1.165) is 31.0 Å². The summed E-state index contributed by atoms with van der Waals surface area (Å²) in [5.74, 6) is 1.11. The lowest BCUT2D eigenvalue weighted by atomic mass is 10.2. The van der Waals surface area contributed by atoms with Crippen LogP contribution in [0.25, 0.3) is 0 Å². The number of amides is 1. The molecule has 1 N–H and O–H groups in total. The zero-order chi connectivity index (χ0) is 14.1. The number of hydrogen-bond acceptors (Lipinski definition) is 4. The molecule has 1 aromatic heterocycles. The number of anilines is 1. The molecule has 1 saturated heterocycles. The largest absolute Gasteiger partial charge is 0.345 e. The highest BCUT2D eigenvalue weighted by molar-refractivity contribution is 5.82. The van der Waals surface area contributed by atoms with Gasteiger partial charge >= 0.3 is 0 Å². The van der Waals surface area contributed by atoms with Crippen LogP contribution in [0.15, 0.2) is 12.3 Å². The standard InChI is InChI=1S/C15H22N4O/c1-11-7-12(8-16-13-3-4-13)9-17-15(11)19-6-5-18(2)14(20)10-19/h7,9,13,16H,3-6,8,10H2,1-2H3. The van der Waals surface area contributed by atoms with E-state index in [4.69, 9.17) is 0 Å². The Bertz CT molecular complexity index is 513. The maximum Gasteiger partial charge on any atom is 0.241 e. The van der Waals surface area contributed by atoms with E-state index < -0.39 is 0 Å². The molecule has 0 radical (unpaired) electrons. The number of piperazine rings is 1. The molecule has 2 heterocycles. The number of carbonyl (C=O) groups excluding carboxylic acids is 1. The van der Waals surface area contributed by atoms with Crippen LogP contribution in [0.2, 0.25) is 0 Å². The maximum absolute atomic E-state index is 11.8. The van der Waals surface area contributed by atoms with E-state index >= 15 is 0 Å². The molecule has 1 amide bonds. The highest BCUT2D eigenvalue weighted by Gasteiger charge is 2.23. The first-order chi connectivity index (χ1) is 9.63. The van der Waals surface area contributed by atoms with Gasteiger partial charge in [-0.2, -0.15) is 0 Å². The fourth-order valence-corrected chi connectivity index (χ4v) is 2.54. The molecule has 0 unspecified atom stereocenters. The number of carbonyl (C=O) groups is 1. The van der Waals surface area contributed by atoms with Gasteiger partial charge < -0.3 is 15.1 Å². The maximum atomic E-state index is 11.8. The second-order valence-corrected chi connectivity index (χ2v) is 5.88. The first-order valence-electron chi connectivity index (χ1n) is 7.31. The molecule has 5 nitrogen and oxygen atoms in total. The van der Waals surface area contributed by atoms with Crippen molar-refractivity contribution in [3.8, 4) is 0 Å². The first kappa shape index (κ1) is 13.4. The van der Waals surface area contributed by atoms with Crippen LogP contribution in [0.3, 0.4) is 0 Å². The molecule has 0 aromatic carbocycles. The number of aryl methyl sites for hydroxylation is 1. The van der Waals surface area contributed by atoms with Crippen molar-refractivity contribution in [2.24, 2.45) is 0 Å². The smallest absolute Gasteiger partial charge is 0.241 e. The highest BCUT2D eigenvalue weighted by Crippen LogP contribution is 2.22. The van der Waals surface area contributed by atoms with Crippen molar-refractivity contribution in [3.05, 3.63) is 23.4 Å². The van der Waals surface area contributed by atoms with E-state index in [1.54, 1.807) is 4.90 Å². The lowest BCUT2D eigenvalue weighted by Gasteiger charge is -2.33. The Kier molecular flexibility index (Phi) is 3.61. The van der Waals surface area contributed by atoms with E-state index in [0.29, 0.717) is 12.6 Å². The zero-order valence-corrected chi connectivity index (χ0v) is 12.2. The van der Waals surface area contributed by atoms with E-state index in [9.17, 15) is 4.79 Å². The van der Waals surface area contributed by atoms with Crippen molar-refractivity contribution in [2.45, 2.75) is 32.4 Å². The predicted octanol–water partition coefficient (Wildman–Crippen LogP) is 0.920. The summed E-state index contributed by atoms with van der Waals surface area (Å²) in [6, 6.07) is 2.89. The third kappa shape index (κ3) is 2.93. The van der Waals surface area contributed by atoms with E-state index in [2.05, 4.69) is 28.2 Å². The Morgan fingerprint density at radius 1 is 1.40 bits per heavy atom. The molecular weight excluding hydrogens is 252 g/mol. The van der Waals surface area contributed by atoms with Crippen molar-refractivity contribution in [1.29, 1.82) is 0 Å². The molecule has 108 valence electrons. The quantitative estimate of drug-likeness (QED) is 0.887. The minimum absolute atomic E-state index is 0.164. The predicted molar refractivity (Wildman–Crippen MR) is 78.7 cm³/mol. The van der Waals surface area contributed by atoms with Gasteiger partial charge in [0.05, 0.1) is 6.54 Å². The Balaban J connectivity index is 1.68. The number of aromatic nitrogens is 1. The van der Waals surface area contributed by atoms with Gasteiger partial charge in [0.1, 0.15) is 5.82 Å². The van der Waals surface area contributed by atoms with Gasteiger partial charge in [0.25, 0.3) is 0 Å². The molecule has 20 heavy (non-hydrogen) atoms. The molecule has 1 aromatic rings. The summed E-state index contributed by atoms with van der Waals surface area (Å²) >= 11 is 0. The number of hydrogen-bond donors (Lipinski definition) is 1. The Morgan fingerprint density at radius 3 is 2.85 bits per heavy atom. The molecule has 0 atom stereocenters. The number of pyridine rings is 1. The van der Waals surface area contributed by atoms with Crippen LogP contribution in [-0.4, -0.2) is 48.5 Å². The van der Waals surface area contributed by atoms with Gasteiger partial charge in [-0.25, -0.2) is 4.98 Å². The van der Waals surface area contributed by atoms with Gasteiger partial charge in [-0.1, -0.05) is 0 Å². The van der Waals surface area contributed by atoms with Crippen LogP contribution in [-0.2, 0) is 11.3 Å². The second kappa shape index (κ2) is 5.40. The summed E-state index contributed by atoms with van der Waals surface area (Å²) in [5.41, 5.74) is 2.37. The van der Waals surface area contributed by atoms with Crippen molar-refractivity contribution in [1.82, 2.24) is 15.2 Å². The lowest BCUT2D eigenvalue weighted by Crippen LogP contribution is -2.49. The Morgan fingerprint density at radius 2 is 2.20 bits per heavy atom. The topological polar surface area (TPSA) is 48.5 Å². The molecule has 5 heteroatoms. The zero-order valence-electron chi connectivity index (χ0n) is 12.2. The molecule has 3 rings (SSSR count). The lowest BCUT2D eigenvalue weighted by molar-refractivity contribution is -0.129. The molecule has 1 saturated carbocycles. The van der Waals surface area contributed by atoms with Gasteiger partial charge in [0, 0.05) is 38.9 Å². The molecule has 1 aliphatic heterocycles. The summed E-state index contributed by atoms with van der Waals surface area (Å²) in [5, 5.41) is 3.50. The summed E-state index contributed by atoms with van der Waals surface area (Å²) < 4.78 is 0. The van der Waals surface area contributed by atoms with E-state index in [1.165, 1.54) is 18.4 Å². The third-order valence-corrected chi connectivity index (χ3v) is 4.04. The molecule has 2 fully saturated rings. The normalized spacial score (nSPS) is 19.6. The second-order valence-electron chi connectivity index (χ2n) is 5.88. The van der Waals surface area contributed by atoms with Crippen molar-refractivity contribution >= 4 is 11.7 Å². The number of nitrogens with one attached hydrogen (secondary N) is 1. The van der Waals surface area contributed by atoms with E-state index in [1.807, 2.05) is 13.2 Å². The number of likely N-dealkylation sites (N-methyl/N-ethyl adjacent to an activating group) is 1. The molecular formula is C15H22N4O. The summed E-state index contributed by atoms with van der Waals surface area (Å²) in [6.45, 7) is 5.02. The van der Waals surface area contributed by atoms with Crippen LogP contribution in [0.4, 0.5) is 5.82 Å². The SMILES string of the molecule is Cc1cc(CNC2CC2)cnc1N1CCN(C)C(=O)C1. The Labute approximate surface area is 120 Å². The minimum atomic E-state index is 0.164. The average Bonchev–Trinajstić information content (AvgIpc) is 3.24. The third-order valence-electron chi connectivity index (χ3n) is 4.04. The van der Waals surface area contributed by atoms with Gasteiger partial charge in [0.15, 0.2) is 0 Å². The average molecular weight is 274 g/mol. The highest BCUT2D eigenvalue weighted by atomic mass is 16.2. The van der Waals surface area contributed by atoms with Crippen LogP contribution in [0.1, 0.15) is 24.0 Å². The summed E-state index contributed by atoms with van der Waals surface area (Å²) in [4.78, 5) is 20.2. The first-order valence-corrected chi connectivity index (χ1v) is 7.31. The van der Waals surface area contributed by atoms with Gasteiger partial charge in [-0.05, 0) is 37.0 Å². The molecule has 0 bridgehead atoms.